The zero-order valence-corrected chi connectivity index (χ0v) is 13.5. The van der Waals surface area contributed by atoms with E-state index >= 15 is 0 Å². The molecule has 120 valence electrons. The van der Waals surface area contributed by atoms with Gasteiger partial charge in [0.25, 0.3) is 0 Å². The Morgan fingerprint density at radius 2 is 2.13 bits per heavy atom. The van der Waals surface area contributed by atoms with E-state index in [1.54, 1.807) is 12.3 Å². The molecule has 2 N–H and O–H groups in total. The molecule has 1 aliphatic rings. The number of rotatable bonds is 5. The van der Waals surface area contributed by atoms with Crippen LogP contribution >= 0.6 is 12.2 Å². The fourth-order valence-corrected chi connectivity index (χ4v) is 2.51. The summed E-state index contributed by atoms with van der Waals surface area (Å²) in [6, 6.07) is 13.2. The smallest absolute Gasteiger partial charge is 0.219 e. The van der Waals surface area contributed by atoms with Gasteiger partial charge >= 0.3 is 0 Å². The number of pyridine rings is 1. The lowest BCUT2D eigenvalue weighted by Gasteiger charge is -2.14. The minimum Gasteiger partial charge on any atom is -0.439 e. The summed E-state index contributed by atoms with van der Waals surface area (Å²) in [6.07, 6.45) is 4.16. The first-order valence-electron chi connectivity index (χ1n) is 7.65. The van der Waals surface area contributed by atoms with Gasteiger partial charge in [0.1, 0.15) is 5.75 Å². The largest absolute Gasteiger partial charge is 0.439 e. The molecule has 3 rings (SSSR count). The van der Waals surface area contributed by atoms with Crippen LogP contribution in [0.25, 0.3) is 0 Å². The lowest BCUT2D eigenvalue weighted by atomic mass is 10.2. The first-order chi connectivity index (χ1) is 11.3. The van der Waals surface area contributed by atoms with Crippen LogP contribution in [-0.2, 0) is 4.74 Å². The molecule has 0 saturated carbocycles. The highest BCUT2D eigenvalue weighted by atomic mass is 32.1. The van der Waals surface area contributed by atoms with Crippen LogP contribution in [0.3, 0.4) is 0 Å². The third-order valence-electron chi connectivity index (χ3n) is 3.47. The van der Waals surface area contributed by atoms with Crippen molar-refractivity contribution < 1.29 is 9.47 Å². The Hall–Kier alpha value is -2.18. The predicted octanol–water partition coefficient (Wildman–Crippen LogP) is 3.34. The molecule has 2 heterocycles. The quantitative estimate of drug-likeness (QED) is 0.821. The van der Waals surface area contributed by atoms with E-state index in [1.165, 1.54) is 0 Å². The Balaban J connectivity index is 1.47. The molecule has 0 amide bonds. The van der Waals surface area contributed by atoms with Crippen molar-refractivity contribution in [2.45, 2.75) is 18.9 Å². The second kappa shape index (κ2) is 7.89. The molecule has 1 aromatic carbocycles. The number of nitrogens with one attached hydrogen (secondary N) is 2. The van der Waals surface area contributed by atoms with Gasteiger partial charge in [-0.1, -0.05) is 18.2 Å². The van der Waals surface area contributed by atoms with Crippen LogP contribution in [0.5, 0.6) is 11.6 Å². The van der Waals surface area contributed by atoms with Crippen molar-refractivity contribution in [2.75, 3.05) is 18.5 Å². The Morgan fingerprint density at radius 1 is 1.26 bits per heavy atom. The summed E-state index contributed by atoms with van der Waals surface area (Å²) in [4.78, 5) is 4.27. The van der Waals surface area contributed by atoms with Gasteiger partial charge in [0, 0.05) is 19.2 Å². The maximum absolute atomic E-state index is 5.65. The van der Waals surface area contributed by atoms with Crippen LogP contribution in [0.15, 0.2) is 48.7 Å². The van der Waals surface area contributed by atoms with E-state index in [-0.39, 0.29) is 6.10 Å². The summed E-state index contributed by atoms with van der Waals surface area (Å²) in [6.45, 7) is 1.58. The molecule has 1 atom stereocenters. The Bertz CT molecular complexity index is 628. The maximum Gasteiger partial charge on any atom is 0.219 e. The summed E-state index contributed by atoms with van der Waals surface area (Å²) in [5, 5.41) is 6.84. The van der Waals surface area contributed by atoms with E-state index in [1.807, 2.05) is 36.4 Å². The maximum atomic E-state index is 5.65. The zero-order chi connectivity index (χ0) is 15.9. The van der Waals surface area contributed by atoms with E-state index < -0.39 is 0 Å². The van der Waals surface area contributed by atoms with E-state index in [0.717, 1.165) is 37.4 Å². The zero-order valence-electron chi connectivity index (χ0n) is 12.7. The van der Waals surface area contributed by atoms with Crippen molar-refractivity contribution in [3.63, 3.8) is 0 Å². The Labute approximate surface area is 141 Å². The summed E-state index contributed by atoms with van der Waals surface area (Å²) < 4.78 is 11.2. The predicted molar refractivity (Wildman–Crippen MR) is 94.0 cm³/mol. The van der Waals surface area contributed by atoms with E-state index in [2.05, 4.69) is 15.6 Å². The second-order valence-electron chi connectivity index (χ2n) is 5.27. The van der Waals surface area contributed by atoms with Crippen molar-refractivity contribution in [3.05, 3.63) is 48.7 Å². The summed E-state index contributed by atoms with van der Waals surface area (Å²) in [5.41, 5.74) is 0.815. The van der Waals surface area contributed by atoms with Crippen molar-refractivity contribution >= 4 is 23.0 Å². The number of thiocarbonyl (C=S) groups is 1. The molecule has 1 aliphatic heterocycles. The van der Waals surface area contributed by atoms with Gasteiger partial charge in [-0.05, 0) is 43.3 Å². The molecule has 2 aromatic rings. The van der Waals surface area contributed by atoms with Crippen LogP contribution in [0.4, 0.5) is 5.69 Å². The van der Waals surface area contributed by atoms with Crippen LogP contribution in [-0.4, -0.2) is 29.4 Å². The molecule has 6 heteroatoms. The molecule has 23 heavy (non-hydrogen) atoms. The third kappa shape index (κ3) is 4.91. The average molecular weight is 329 g/mol. The fourth-order valence-electron chi connectivity index (χ4n) is 2.31. The lowest BCUT2D eigenvalue weighted by molar-refractivity contribution is 0.114. The van der Waals surface area contributed by atoms with Crippen LogP contribution in [0.2, 0.25) is 0 Å². The monoisotopic (exact) mass is 329 g/mol. The first-order valence-corrected chi connectivity index (χ1v) is 8.06. The first kappa shape index (κ1) is 15.7. The SMILES string of the molecule is S=C(NC[C@H]1CCCO1)Nc1ccc(Oc2ccccc2)nc1. The molecule has 1 fully saturated rings. The molecular weight excluding hydrogens is 310 g/mol. The molecule has 0 unspecified atom stereocenters. The van der Waals surface area contributed by atoms with Gasteiger partial charge in [-0.2, -0.15) is 0 Å². The molecule has 0 aliphatic carbocycles. The number of anilines is 1. The molecule has 0 spiro atoms. The van der Waals surface area contributed by atoms with Crippen molar-refractivity contribution in [3.8, 4) is 11.6 Å². The molecule has 0 radical (unpaired) electrons. The van der Waals surface area contributed by atoms with Crippen LogP contribution in [0, 0.1) is 0 Å². The summed E-state index contributed by atoms with van der Waals surface area (Å²) in [7, 11) is 0. The molecule has 1 saturated heterocycles. The second-order valence-corrected chi connectivity index (χ2v) is 5.68. The van der Waals surface area contributed by atoms with Gasteiger partial charge in [-0.25, -0.2) is 4.98 Å². The number of hydrogen-bond donors (Lipinski definition) is 2. The lowest BCUT2D eigenvalue weighted by Crippen LogP contribution is -2.34. The van der Waals surface area contributed by atoms with Crippen LogP contribution in [0.1, 0.15) is 12.8 Å². The number of ether oxygens (including phenoxy) is 2. The molecule has 1 aromatic heterocycles. The topological polar surface area (TPSA) is 55.4 Å². The van der Waals surface area contributed by atoms with Gasteiger partial charge < -0.3 is 20.1 Å². The van der Waals surface area contributed by atoms with Crippen molar-refractivity contribution in [1.29, 1.82) is 0 Å². The summed E-state index contributed by atoms with van der Waals surface area (Å²) >= 11 is 5.27. The highest BCUT2D eigenvalue weighted by molar-refractivity contribution is 7.80. The average Bonchev–Trinajstić information content (AvgIpc) is 3.09. The number of nitrogens with zero attached hydrogens (tertiary/aromatic N) is 1. The fraction of sp³-hybridized carbons (Fsp3) is 0.294. The van der Waals surface area contributed by atoms with Gasteiger partial charge in [0.2, 0.25) is 5.88 Å². The van der Waals surface area contributed by atoms with Gasteiger partial charge in [-0.15, -0.1) is 0 Å². The molecule has 5 nitrogen and oxygen atoms in total. The van der Waals surface area contributed by atoms with Crippen LogP contribution < -0.4 is 15.4 Å². The van der Waals surface area contributed by atoms with Crippen molar-refractivity contribution in [2.24, 2.45) is 0 Å². The minimum atomic E-state index is 0.259. The van der Waals surface area contributed by atoms with Crippen molar-refractivity contribution in [1.82, 2.24) is 10.3 Å². The van der Waals surface area contributed by atoms with E-state index in [0.29, 0.717) is 11.0 Å². The van der Waals surface area contributed by atoms with Gasteiger partial charge in [0.05, 0.1) is 18.0 Å². The molecular formula is C17H19N3O2S. The minimum absolute atomic E-state index is 0.259. The number of para-hydroxylation sites is 1. The highest BCUT2D eigenvalue weighted by Crippen LogP contribution is 2.19. The summed E-state index contributed by atoms with van der Waals surface area (Å²) in [5.74, 6) is 1.30. The molecule has 0 bridgehead atoms. The standard InChI is InChI=1S/C17H19N3O2S/c23-17(19-12-15-7-4-10-21-15)20-13-8-9-16(18-11-13)22-14-5-2-1-3-6-14/h1-3,5-6,8-9,11,15H,4,7,10,12H2,(H2,19,20,23)/t15-/m1/s1. The van der Waals surface area contributed by atoms with E-state index in [9.17, 15) is 0 Å². The highest BCUT2D eigenvalue weighted by Gasteiger charge is 2.15. The number of benzene rings is 1. The number of hydrogen-bond acceptors (Lipinski definition) is 4. The third-order valence-corrected chi connectivity index (χ3v) is 3.72. The van der Waals surface area contributed by atoms with E-state index in [4.69, 9.17) is 21.7 Å². The number of aromatic nitrogens is 1. The Morgan fingerprint density at radius 3 is 2.83 bits per heavy atom. The normalized spacial score (nSPS) is 16.8. The van der Waals surface area contributed by atoms with Gasteiger partial charge in [0.15, 0.2) is 5.11 Å². The Kier molecular flexibility index (Phi) is 5.39. The van der Waals surface area contributed by atoms with Gasteiger partial charge in [-0.3, -0.25) is 0 Å².